The summed E-state index contributed by atoms with van der Waals surface area (Å²) in [4.78, 5) is 4.37. The van der Waals surface area contributed by atoms with Crippen molar-refractivity contribution in [3.05, 3.63) is 76.9 Å². The van der Waals surface area contributed by atoms with Crippen LogP contribution in [0, 0.1) is 0 Å². The van der Waals surface area contributed by atoms with Gasteiger partial charge in [0.1, 0.15) is 0 Å². The maximum absolute atomic E-state index is 6.37. The highest BCUT2D eigenvalue weighted by molar-refractivity contribution is 6.31. The molecule has 0 saturated heterocycles. The van der Waals surface area contributed by atoms with E-state index in [2.05, 4.69) is 47.6 Å². The van der Waals surface area contributed by atoms with Crippen LogP contribution in [0.4, 0.5) is 0 Å². The summed E-state index contributed by atoms with van der Waals surface area (Å²) >= 11 is 6.37. The molecule has 106 valence electrons. The lowest BCUT2D eigenvalue weighted by Crippen LogP contribution is -2.22. The molecular weight excluding hydrogens is 280 g/mol. The van der Waals surface area contributed by atoms with E-state index in [9.17, 15) is 0 Å². The van der Waals surface area contributed by atoms with Crippen molar-refractivity contribution in [3.63, 3.8) is 0 Å². The number of hydrogen-bond acceptors (Lipinski definition) is 2. The lowest BCUT2D eigenvalue weighted by Gasteiger charge is -2.20. The Morgan fingerprint density at radius 1 is 1.10 bits per heavy atom. The summed E-state index contributed by atoms with van der Waals surface area (Å²) in [5, 5.41) is 5.45. The molecule has 0 aliphatic heterocycles. The smallest absolute Gasteiger partial charge is 0.0702 e. The zero-order valence-electron chi connectivity index (χ0n) is 11.9. The third kappa shape index (κ3) is 2.92. The summed E-state index contributed by atoms with van der Waals surface area (Å²) in [5.41, 5.74) is 3.31. The van der Waals surface area contributed by atoms with Gasteiger partial charge in [0.25, 0.3) is 0 Å². The zero-order valence-corrected chi connectivity index (χ0v) is 12.6. The van der Waals surface area contributed by atoms with Crippen LogP contribution in [0.1, 0.15) is 24.1 Å². The molecule has 0 fully saturated rings. The van der Waals surface area contributed by atoms with Gasteiger partial charge in [-0.15, -0.1) is 0 Å². The molecule has 1 unspecified atom stereocenters. The molecular formula is C18H17ClN2. The van der Waals surface area contributed by atoms with Crippen LogP contribution in [0.15, 0.2) is 60.8 Å². The Labute approximate surface area is 129 Å². The van der Waals surface area contributed by atoms with Crippen molar-refractivity contribution in [1.82, 2.24) is 10.3 Å². The van der Waals surface area contributed by atoms with Gasteiger partial charge in [0, 0.05) is 16.6 Å². The maximum atomic E-state index is 6.37. The standard InChI is InChI=1S/C18H17ClN2/c1-2-20-18(15-7-3-4-8-16(15)19)14-9-10-17-13(12-14)6-5-11-21-17/h3-12,18,20H,2H2,1H3. The van der Waals surface area contributed by atoms with E-state index in [0.29, 0.717) is 0 Å². The minimum atomic E-state index is 0.0910. The molecule has 0 aliphatic rings. The van der Waals surface area contributed by atoms with E-state index in [1.54, 1.807) is 0 Å². The number of benzene rings is 2. The quantitative estimate of drug-likeness (QED) is 0.762. The third-order valence-corrected chi connectivity index (χ3v) is 3.93. The lowest BCUT2D eigenvalue weighted by molar-refractivity contribution is 0.631. The molecule has 0 radical (unpaired) electrons. The first-order valence-corrected chi connectivity index (χ1v) is 7.50. The van der Waals surface area contributed by atoms with Crippen LogP contribution >= 0.6 is 11.6 Å². The summed E-state index contributed by atoms with van der Waals surface area (Å²) in [5.74, 6) is 0. The number of aromatic nitrogens is 1. The molecule has 3 aromatic rings. The summed E-state index contributed by atoms with van der Waals surface area (Å²) in [6, 6.07) is 18.5. The van der Waals surface area contributed by atoms with Gasteiger partial charge in [0.15, 0.2) is 0 Å². The van der Waals surface area contributed by atoms with Crippen molar-refractivity contribution in [2.24, 2.45) is 0 Å². The van der Waals surface area contributed by atoms with Crippen LogP contribution in [-0.2, 0) is 0 Å². The first-order valence-electron chi connectivity index (χ1n) is 7.12. The van der Waals surface area contributed by atoms with E-state index in [0.717, 1.165) is 28.0 Å². The van der Waals surface area contributed by atoms with E-state index in [4.69, 9.17) is 11.6 Å². The SMILES string of the molecule is CCNC(c1ccc2ncccc2c1)c1ccccc1Cl. The Balaban J connectivity index is 2.09. The molecule has 3 rings (SSSR count). The van der Waals surface area contributed by atoms with Crippen LogP contribution in [-0.4, -0.2) is 11.5 Å². The molecule has 3 heteroatoms. The van der Waals surface area contributed by atoms with Gasteiger partial charge in [-0.2, -0.15) is 0 Å². The Bertz CT molecular complexity index is 755. The molecule has 1 atom stereocenters. The Morgan fingerprint density at radius 3 is 2.76 bits per heavy atom. The summed E-state index contributed by atoms with van der Waals surface area (Å²) < 4.78 is 0. The first-order chi connectivity index (χ1) is 10.3. The van der Waals surface area contributed by atoms with Gasteiger partial charge < -0.3 is 5.32 Å². The highest BCUT2D eigenvalue weighted by Gasteiger charge is 2.16. The number of hydrogen-bond donors (Lipinski definition) is 1. The number of rotatable bonds is 4. The maximum Gasteiger partial charge on any atom is 0.0702 e. The van der Waals surface area contributed by atoms with Crippen LogP contribution < -0.4 is 5.32 Å². The minimum absolute atomic E-state index is 0.0910. The molecule has 0 spiro atoms. The Hall–Kier alpha value is -1.90. The molecule has 1 heterocycles. The Morgan fingerprint density at radius 2 is 1.95 bits per heavy atom. The molecule has 1 aromatic heterocycles. The number of pyridine rings is 1. The van der Waals surface area contributed by atoms with Crippen molar-refractivity contribution >= 4 is 22.5 Å². The molecule has 2 aromatic carbocycles. The van der Waals surface area contributed by atoms with Gasteiger partial charge >= 0.3 is 0 Å². The van der Waals surface area contributed by atoms with E-state index >= 15 is 0 Å². The van der Waals surface area contributed by atoms with Crippen LogP contribution in [0.3, 0.4) is 0 Å². The van der Waals surface area contributed by atoms with Crippen molar-refractivity contribution in [2.75, 3.05) is 6.54 Å². The van der Waals surface area contributed by atoms with Gasteiger partial charge in [-0.05, 0) is 41.9 Å². The highest BCUT2D eigenvalue weighted by atomic mass is 35.5. The summed E-state index contributed by atoms with van der Waals surface area (Å²) in [7, 11) is 0. The third-order valence-electron chi connectivity index (χ3n) is 3.58. The molecule has 0 aliphatic carbocycles. The summed E-state index contributed by atoms with van der Waals surface area (Å²) in [6.45, 7) is 2.98. The zero-order chi connectivity index (χ0) is 14.7. The minimum Gasteiger partial charge on any atom is -0.306 e. The molecule has 0 saturated carbocycles. The van der Waals surface area contributed by atoms with Crippen LogP contribution in [0.25, 0.3) is 10.9 Å². The fraction of sp³-hybridized carbons (Fsp3) is 0.167. The molecule has 2 nitrogen and oxygen atoms in total. The van der Waals surface area contributed by atoms with Crippen molar-refractivity contribution in [1.29, 1.82) is 0 Å². The number of nitrogens with zero attached hydrogens (tertiary/aromatic N) is 1. The predicted molar refractivity (Wildman–Crippen MR) is 88.7 cm³/mol. The van der Waals surface area contributed by atoms with Crippen molar-refractivity contribution in [2.45, 2.75) is 13.0 Å². The lowest BCUT2D eigenvalue weighted by atomic mass is 9.97. The van der Waals surface area contributed by atoms with Crippen molar-refractivity contribution in [3.8, 4) is 0 Å². The number of fused-ring (bicyclic) bond motifs is 1. The largest absolute Gasteiger partial charge is 0.306 e. The van der Waals surface area contributed by atoms with Crippen molar-refractivity contribution < 1.29 is 0 Å². The van der Waals surface area contributed by atoms with E-state index < -0.39 is 0 Å². The van der Waals surface area contributed by atoms with Gasteiger partial charge in [-0.25, -0.2) is 0 Å². The van der Waals surface area contributed by atoms with Gasteiger partial charge in [-0.3, -0.25) is 4.98 Å². The molecule has 0 amide bonds. The van der Waals surface area contributed by atoms with E-state index in [-0.39, 0.29) is 6.04 Å². The van der Waals surface area contributed by atoms with E-state index in [1.807, 2.05) is 30.5 Å². The average Bonchev–Trinajstić information content (AvgIpc) is 2.53. The van der Waals surface area contributed by atoms with Gasteiger partial charge in [0.05, 0.1) is 11.6 Å². The fourth-order valence-corrected chi connectivity index (χ4v) is 2.84. The normalized spacial score (nSPS) is 12.5. The average molecular weight is 297 g/mol. The van der Waals surface area contributed by atoms with Gasteiger partial charge in [0.2, 0.25) is 0 Å². The Kier molecular flexibility index (Phi) is 4.18. The van der Waals surface area contributed by atoms with Gasteiger partial charge in [-0.1, -0.05) is 48.9 Å². The summed E-state index contributed by atoms with van der Waals surface area (Å²) in [6.07, 6.45) is 1.82. The second kappa shape index (κ2) is 6.25. The topological polar surface area (TPSA) is 24.9 Å². The molecule has 1 N–H and O–H groups in total. The number of nitrogens with one attached hydrogen (secondary N) is 1. The molecule has 0 bridgehead atoms. The van der Waals surface area contributed by atoms with E-state index in [1.165, 1.54) is 5.56 Å². The van der Waals surface area contributed by atoms with Crippen LogP contribution in [0.5, 0.6) is 0 Å². The second-order valence-corrected chi connectivity index (χ2v) is 5.37. The monoisotopic (exact) mass is 296 g/mol. The predicted octanol–water partition coefficient (Wildman–Crippen LogP) is 4.59. The number of halogens is 1. The fourth-order valence-electron chi connectivity index (χ4n) is 2.59. The second-order valence-electron chi connectivity index (χ2n) is 4.97. The first kappa shape index (κ1) is 14.1. The van der Waals surface area contributed by atoms with Crippen LogP contribution in [0.2, 0.25) is 5.02 Å². The molecule has 21 heavy (non-hydrogen) atoms. The highest BCUT2D eigenvalue weighted by Crippen LogP contribution is 2.29.